The van der Waals surface area contributed by atoms with Gasteiger partial charge in [-0.3, -0.25) is 14.6 Å². The molecular formula is C28H32N4O6S. The van der Waals surface area contributed by atoms with E-state index in [1.807, 2.05) is 6.92 Å². The molecule has 3 atom stereocenters. The Labute approximate surface area is 228 Å². The highest BCUT2D eigenvalue weighted by Crippen LogP contribution is 2.31. The Balaban J connectivity index is 1.65. The molecule has 2 amide bonds. The van der Waals surface area contributed by atoms with Gasteiger partial charge in [0.05, 0.1) is 29.7 Å². The second-order valence-corrected chi connectivity index (χ2v) is 11.7. The first-order chi connectivity index (χ1) is 18.6. The third kappa shape index (κ3) is 6.27. The van der Waals surface area contributed by atoms with Crippen LogP contribution in [0.5, 0.6) is 5.75 Å². The molecule has 0 radical (unpaired) electrons. The van der Waals surface area contributed by atoms with Crippen molar-refractivity contribution >= 4 is 27.5 Å². The molecule has 1 aliphatic heterocycles. The van der Waals surface area contributed by atoms with Gasteiger partial charge < -0.3 is 20.1 Å². The number of nitrogens with zero attached hydrogens (tertiary/aromatic N) is 3. The van der Waals surface area contributed by atoms with Crippen molar-refractivity contribution in [2.24, 2.45) is 5.92 Å². The second kappa shape index (κ2) is 11.9. The largest absolute Gasteiger partial charge is 0.488 e. The van der Waals surface area contributed by atoms with E-state index in [0.717, 1.165) is 0 Å². The fourth-order valence-corrected chi connectivity index (χ4v) is 5.55. The summed E-state index contributed by atoms with van der Waals surface area (Å²) in [5, 5.41) is 12.7. The number of benzene rings is 2. The predicted molar refractivity (Wildman–Crippen MR) is 146 cm³/mol. The number of hydrogen-bond acceptors (Lipinski definition) is 7. The summed E-state index contributed by atoms with van der Waals surface area (Å²) in [7, 11) is -2.28. The van der Waals surface area contributed by atoms with Crippen molar-refractivity contribution in [3.8, 4) is 5.75 Å². The predicted octanol–water partition coefficient (Wildman–Crippen LogP) is 2.87. The van der Waals surface area contributed by atoms with Gasteiger partial charge in [-0.1, -0.05) is 25.1 Å². The van der Waals surface area contributed by atoms with Crippen LogP contribution in [0.4, 0.5) is 5.69 Å². The molecule has 2 N–H and O–H groups in total. The number of aliphatic hydroxyl groups excluding tert-OH is 1. The monoisotopic (exact) mass is 552 g/mol. The number of rotatable bonds is 8. The Morgan fingerprint density at radius 1 is 1.18 bits per heavy atom. The third-order valence-electron chi connectivity index (χ3n) is 6.75. The minimum atomic E-state index is -3.77. The van der Waals surface area contributed by atoms with Crippen LogP contribution in [0.2, 0.25) is 0 Å². The molecule has 2 heterocycles. The number of aromatic nitrogens is 1. The number of nitrogens with one attached hydrogen (secondary N) is 1. The number of amides is 2. The van der Waals surface area contributed by atoms with Crippen molar-refractivity contribution in [3.63, 3.8) is 0 Å². The number of aliphatic hydroxyl groups is 1. The summed E-state index contributed by atoms with van der Waals surface area (Å²) in [4.78, 5) is 31.9. The van der Waals surface area contributed by atoms with E-state index in [-0.39, 0.29) is 53.6 Å². The zero-order valence-corrected chi connectivity index (χ0v) is 22.8. The molecule has 0 saturated heterocycles. The molecule has 206 valence electrons. The van der Waals surface area contributed by atoms with Crippen molar-refractivity contribution in [2.75, 3.05) is 32.1 Å². The normalized spacial score (nSPS) is 18.5. The van der Waals surface area contributed by atoms with Gasteiger partial charge in [0.15, 0.2) is 0 Å². The number of anilines is 1. The summed E-state index contributed by atoms with van der Waals surface area (Å²) in [6.07, 6.45) is 2.42. The Hall–Kier alpha value is -3.80. The minimum absolute atomic E-state index is 0.0356. The Morgan fingerprint density at radius 3 is 2.54 bits per heavy atom. The molecule has 0 saturated carbocycles. The van der Waals surface area contributed by atoms with Gasteiger partial charge in [-0.05, 0) is 49.4 Å². The van der Waals surface area contributed by atoms with Gasteiger partial charge in [0.1, 0.15) is 11.9 Å². The van der Waals surface area contributed by atoms with Crippen LogP contribution in [-0.4, -0.2) is 78.4 Å². The summed E-state index contributed by atoms with van der Waals surface area (Å²) in [6, 6.07) is 15.6. The van der Waals surface area contributed by atoms with Crippen LogP contribution >= 0.6 is 0 Å². The first-order valence-electron chi connectivity index (χ1n) is 12.6. The van der Waals surface area contributed by atoms with Crippen LogP contribution in [0.25, 0.3) is 0 Å². The molecule has 10 nitrogen and oxygen atoms in total. The van der Waals surface area contributed by atoms with Gasteiger partial charge in [-0.2, -0.15) is 4.31 Å². The molecule has 1 aromatic heterocycles. The van der Waals surface area contributed by atoms with Crippen molar-refractivity contribution in [1.82, 2.24) is 14.2 Å². The standard InChI is InChI=1S/C28H32N4O6S/c1-19-16-32(20(2)18-33)28(35)24-15-22(30-27(34)21-11-13-29-14-12-21)9-10-25(24)38-26(19)17-31(3)39(36,37)23-7-5-4-6-8-23/h4-15,19-20,26,33H,16-18H2,1-3H3,(H,30,34)/t19-,20-,26+/m0/s1. The summed E-state index contributed by atoms with van der Waals surface area (Å²) in [5.74, 6) is -0.729. The van der Waals surface area contributed by atoms with Crippen LogP contribution in [0.1, 0.15) is 34.6 Å². The molecule has 0 fully saturated rings. The van der Waals surface area contributed by atoms with E-state index in [2.05, 4.69) is 10.3 Å². The van der Waals surface area contributed by atoms with Crippen LogP contribution < -0.4 is 10.1 Å². The smallest absolute Gasteiger partial charge is 0.258 e. The van der Waals surface area contributed by atoms with Gasteiger partial charge in [-0.15, -0.1) is 0 Å². The first-order valence-corrected chi connectivity index (χ1v) is 14.0. The van der Waals surface area contributed by atoms with E-state index in [9.17, 15) is 23.1 Å². The number of likely N-dealkylation sites (N-methyl/N-ethyl adjacent to an activating group) is 1. The maximum absolute atomic E-state index is 13.6. The van der Waals surface area contributed by atoms with Crippen LogP contribution in [0, 0.1) is 5.92 Å². The van der Waals surface area contributed by atoms with E-state index in [1.54, 1.807) is 54.3 Å². The molecular weight excluding hydrogens is 520 g/mol. The van der Waals surface area contributed by atoms with E-state index in [4.69, 9.17) is 4.74 Å². The van der Waals surface area contributed by atoms with Gasteiger partial charge in [0, 0.05) is 43.2 Å². The average molecular weight is 553 g/mol. The quantitative estimate of drug-likeness (QED) is 0.440. The van der Waals surface area contributed by atoms with E-state index in [0.29, 0.717) is 11.3 Å². The fourth-order valence-electron chi connectivity index (χ4n) is 4.35. The van der Waals surface area contributed by atoms with E-state index >= 15 is 0 Å². The Kier molecular flexibility index (Phi) is 8.63. The summed E-state index contributed by atoms with van der Waals surface area (Å²) >= 11 is 0. The average Bonchev–Trinajstić information content (AvgIpc) is 2.95. The molecule has 0 bridgehead atoms. The van der Waals surface area contributed by atoms with Crippen molar-refractivity contribution in [2.45, 2.75) is 30.9 Å². The minimum Gasteiger partial charge on any atom is -0.488 e. The number of carbonyl (C=O) groups excluding carboxylic acids is 2. The van der Waals surface area contributed by atoms with E-state index in [1.165, 1.54) is 41.9 Å². The number of carbonyl (C=O) groups is 2. The molecule has 3 aromatic rings. The lowest BCUT2D eigenvalue weighted by molar-refractivity contribution is 0.0387. The topological polar surface area (TPSA) is 129 Å². The van der Waals surface area contributed by atoms with Crippen molar-refractivity contribution in [3.05, 3.63) is 84.2 Å². The van der Waals surface area contributed by atoms with Crippen molar-refractivity contribution < 1.29 is 27.9 Å². The number of fused-ring (bicyclic) bond motifs is 1. The van der Waals surface area contributed by atoms with Gasteiger partial charge in [-0.25, -0.2) is 8.42 Å². The van der Waals surface area contributed by atoms with Crippen LogP contribution in [-0.2, 0) is 10.0 Å². The van der Waals surface area contributed by atoms with Gasteiger partial charge >= 0.3 is 0 Å². The number of hydrogen-bond donors (Lipinski definition) is 2. The zero-order valence-electron chi connectivity index (χ0n) is 22.0. The lowest BCUT2D eigenvalue weighted by Gasteiger charge is -2.38. The molecule has 11 heteroatoms. The molecule has 0 aliphatic carbocycles. The lowest BCUT2D eigenvalue weighted by Crippen LogP contribution is -2.50. The first kappa shape index (κ1) is 28.2. The highest BCUT2D eigenvalue weighted by molar-refractivity contribution is 7.89. The number of sulfonamides is 1. The van der Waals surface area contributed by atoms with Crippen LogP contribution in [0.15, 0.2) is 78.0 Å². The summed E-state index contributed by atoms with van der Waals surface area (Å²) in [6.45, 7) is 3.64. The molecule has 0 spiro atoms. The van der Waals surface area contributed by atoms with Gasteiger partial charge in [0.2, 0.25) is 10.0 Å². The van der Waals surface area contributed by atoms with E-state index < -0.39 is 22.2 Å². The number of ether oxygens (including phenoxy) is 1. The fraction of sp³-hybridized carbons (Fsp3) is 0.321. The Morgan fingerprint density at radius 2 is 1.87 bits per heavy atom. The Bertz CT molecular complexity index is 1420. The molecule has 0 unspecified atom stereocenters. The zero-order chi connectivity index (χ0) is 28.2. The highest BCUT2D eigenvalue weighted by atomic mass is 32.2. The van der Waals surface area contributed by atoms with Gasteiger partial charge in [0.25, 0.3) is 11.8 Å². The summed E-state index contributed by atoms with van der Waals surface area (Å²) < 4.78 is 33.9. The maximum atomic E-state index is 13.6. The van der Waals surface area contributed by atoms with Crippen LogP contribution in [0.3, 0.4) is 0 Å². The lowest BCUT2D eigenvalue weighted by atomic mass is 9.99. The second-order valence-electron chi connectivity index (χ2n) is 9.62. The molecule has 4 rings (SSSR count). The molecule has 2 aromatic carbocycles. The highest BCUT2D eigenvalue weighted by Gasteiger charge is 2.35. The summed E-state index contributed by atoms with van der Waals surface area (Å²) in [5.41, 5.74) is 0.998. The number of pyridine rings is 1. The SMILES string of the molecule is C[C@H]1CN([C@@H](C)CO)C(=O)c2cc(NC(=O)c3ccncc3)ccc2O[C@@H]1CN(C)S(=O)(=O)c1ccccc1. The van der Waals surface area contributed by atoms with Crippen molar-refractivity contribution in [1.29, 1.82) is 0 Å². The third-order valence-corrected chi connectivity index (χ3v) is 8.59. The maximum Gasteiger partial charge on any atom is 0.258 e. The molecule has 39 heavy (non-hydrogen) atoms. The molecule has 1 aliphatic rings.